The average molecular weight is 252 g/mol. The monoisotopic (exact) mass is 252 g/mol. The van der Waals surface area contributed by atoms with Gasteiger partial charge in [0.25, 0.3) is 0 Å². The van der Waals surface area contributed by atoms with E-state index in [0.29, 0.717) is 18.5 Å². The highest BCUT2D eigenvalue weighted by Crippen LogP contribution is 2.24. The highest BCUT2D eigenvalue weighted by molar-refractivity contribution is 5.92. The van der Waals surface area contributed by atoms with Crippen LogP contribution < -0.4 is 5.73 Å². The summed E-state index contributed by atoms with van der Waals surface area (Å²) in [5, 5.41) is 0. The maximum atomic E-state index is 12.2. The molecule has 0 radical (unpaired) electrons. The van der Waals surface area contributed by atoms with Crippen molar-refractivity contribution in [2.24, 2.45) is 10.7 Å². The molecule has 5 nitrogen and oxygen atoms in total. The van der Waals surface area contributed by atoms with E-state index in [1.54, 1.807) is 4.90 Å². The minimum Gasteiger partial charge on any atom is -0.370 e. The summed E-state index contributed by atoms with van der Waals surface area (Å²) in [7, 11) is 1.84. The number of amides is 1. The molecule has 0 aromatic heterocycles. The molecule has 0 spiro atoms. The van der Waals surface area contributed by atoms with Gasteiger partial charge in [0.2, 0.25) is 5.91 Å². The second kappa shape index (κ2) is 4.78. The van der Waals surface area contributed by atoms with Gasteiger partial charge in [0.05, 0.1) is 6.04 Å². The van der Waals surface area contributed by atoms with Gasteiger partial charge < -0.3 is 15.5 Å². The van der Waals surface area contributed by atoms with Gasteiger partial charge in [0.15, 0.2) is 5.96 Å². The molecule has 2 fully saturated rings. The van der Waals surface area contributed by atoms with Crippen LogP contribution in [0.1, 0.15) is 39.5 Å². The number of carbonyl (C=O) groups excluding carboxylic acids is 1. The van der Waals surface area contributed by atoms with Gasteiger partial charge in [0, 0.05) is 20.1 Å². The zero-order valence-electron chi connectivity index (χ0n) is 11.6. The van der Waals surface area contributed by atoms with Crippen LogP contribution in [0, 0.1) is 0 Å². The Kier molecular flexibility index (Phi) is 3.50. The first-order chi connectivity index (χ1) is 8.43. The third kappa shape index (κ3) is 2.31. The summed E-state index contributed by atoms with van der Waals surface area (Å²) in [5.41, 5.74) is 5.53. The normalized spacial score (nSPS) is 25.9. The molecule has 1 saturated carbocycles. The first-order valence-electron chi connectivity index (χ1n) is 6.79. The minimum atomic E-state index is -0.584. The van der Waals surface area contributed by atoms with Gasteiger partial charge in [-0.15, -0.1) is 0 Å². The van der Waals surface area contributed by atoms with Gasteiger partial charge >= 0.3 is 0 Å². The molecule has 1 amide bonds. The predicted octanol–water partition coefficient (Wildman–Crippen LogP) is 0.796. The number of guanidine groups is 1. The molecule has 0 aromatic rings. The lowest BCUT2D eigenvalue weighted by Crippen LogP contribution is -2.65. The number of rotatable bonds is 1. The van der Waals surface area contributed by atoms with Crippen molar-refractivity contribution in [2.45, 2.75) is 51.1 Å². The Labute approximate surface area is 109 Å². The van der Waals surface area contributed by atoms with E-state index in [0.717, 1.165) is 19.4 Å². The molecule has 1 aliphatic carbocycles. The molecule has 2 N–H and O–H groups in total. The predicted molar refractivity (Wildman–Crippen MR) is 72.3 cm³/mol. The van der Waals surface area contributed by atoms with Crippen molar-refractivity contribution in [2.75, 3.05) is 20.1 Å². The maximum Gasteiger partial charge on any atom is 0.247 e. The molecule has 5 heteroatoms. The third-order valence-corrected chi connectivity index (χ3v) is 4.12. The smallest absolute Gasteiger partial charge is 0.247 e. The van der Waals surface area contributed by atoms with Gasteiger partial charge in [-0.05, 0) is 26.7 Å². The number of hydrogen-bond donors (Lipinski definition) is 1. The van der Waals surface area contributed by atoms with E-state index in [1.165, 1.54) is 12.8 Å². The van der Waals surface area contributed by atoms with E-state index < -0.39 is 5.54 Å². The number of carbonyl (C=O) groups is 1. The fourth-order valence-corrected chi connectivity index (χ4v) is 2.90. The van der Waals surface area contributed by atoms with E-state index in [9.17, 15) is 4.79 Å². The van der Waals surface area contributed by atoms with Crippen LogP contribution in [-0.4, -0.2) is 53.4 Å². The number of piperazine rings is 1. The topological polar surface area (TPSA) is 61.9 Å². The molecule has 0 bridgehead atoms. The van der Waals surface area contributed by atoms with Crippen LogP contribution in [0.5, 0.6) is 0 Å². The zero-order valence-corrected chi connectivity index (χ0v) is 11.6. The molecule has 0 unspecified atom stereocenters. The van der Waals surface area contributed by atoms with Crippen LogP contribution in [-0.2, 0) is 4.79 Å². The highest BCUT2D eigenvalue weighted by Gasteiger charge is 2.41. The van der Waals surface area contributed by atoms with Crippen LogP contribution >= 0.6 is 0 Å². The largest absolute Gasteiger partial charge is 0.370 e. The van der Waals surface area contributed by atoms with Crippen molar-refractivity contribution in [1.82, 2.24) is 9.80 Å². The van der Waals surface area contributed by atoms with Crippen LogP contribution in [0.4, 0.5) is 0 Å². The van der Waals surface area contributed by atoms with Crippen molar-refractivity contribution in [1.29, 1.82) is 0 Å². The van der Waals surface area contributed by atoms with Gasteiger partial charge in [-0.25, -0.2) is 4.99 Å². The number of hydrogen-bond acceptors (Lipinski definition) is 2. The summed E-state index contributed by atoms with van der Waals surface area (Å²) < 4.78 is 0. The number of nitrogens with two attached hydrogens (primary N) is 1. The van der Waals surface area contributed by atoms with E-state index in [2.05, 4.69) is 4.99 Å². The third-order valence-electron chi connectivity index (χ3n) is 4.12. The summed E-state index contributed by atoms with van der Waals surface area (Å²) in [5.74, 6) is 0.645. The van der Waals surface area contributed by atoms with Crippen molar-refractivity contribution in [3.63, 3.8) is 0 Å². The molecule has 1 aliphatic heterocycles. The molecular weight excluding hydrogens is 228 g/mol. The van der Waals surface area contributed by atoms with E-state index in [-0.39, 0.29) is 5.91 Å². The fraction of sp³-hybridized carbons (Fsp3) is 0.846. The number of nitrogens with zero attached hydrogens (tertiary/aromatic N) is 3. The van der Waals surface area contributed by atoms with Crippen LogP contribution in [0.2, 0.25) is 0 Å². The number of aliphatic imine (C=N–C) groups is 1. The minimum absolute atomic E-state index is 0.110. The Hall–Kier alpha value is -1.26. The van der Waals surface area contributed by atoms with E-state index in [4.69, 9.17) is 5.73 Å². The van der Waals surface area contributed by atoms with E-state index >= 15 is 0 Å². The van der Waals surface area contributed by atoms with Gasteiger partial charge in [-0.1, -0.05) is 12.8 Å². The average Bonchev–Trinajstić information content (AvgIpc) is 2.78. The van der Waals surface area contributed by atoms with Crippen LogP contribution in [0.3, 0.4) is 0 Å². The molecule has 1 saturated heterocycles. The molecule has 1 heterocycles. The van der Waals surface area contributed by atoms with Crippen LogP contribution in [0.25, 0.3) is 0 Å². The zero-order chi connectivity index (χ0) is 13.3. The van der Waals surface area contributed by atoms with Crippen LogP contribution in [0.15, 0.2) is 4.99 Å². The molecule has 18 heavy (non-hydrogen) atoms. The highest BCUT2D eigenvalue weighted by atomic mass is 16.2. The Bertz CT molecular complexity index is 358. The standard InChI is InChI=1S/C13H24N4O/c1-13(2)11(18)16(3)8-9-17(13)12(14)15-10-6-4-5-7-10/h10H,4-9H2,1-3H3,(H2,14,15). The van der Waals surface area contributed by atoms with Gasteiger partial charge in [-0.3, -0.25) is 4.79 Å². The summed E-state index contributed by atoms with van der Waals surface area (Å²) in [6, 6.07) is 0.357. The SMILES string of the molecule is CN1CCN(C(N)=NC2CCCC2)C(C)(C)C1=O. The Morgan fingerprint density at radius 2 is 1.94 bits per heavy atom. The molecule has 0 atom stereocenters. The molecular formula is C13H24N4O. The summed E-state index contributed by atoms with van der Waals surface area (Å²) in [4.78, 5) is 20.5. The van der Waals surface area contributed by atoms with Crippen molar-refractivity contribution < 1.29 is 4.79 Å². The lowest BCUT2D eigenvalue weighted by atomic mass is 9.98. The lowest BCUT2D eigenvalue weighted by Gasteiger charge is -2.45. The first-order valence-corrected chi connectivity index (χ1v) is 6.79. The Morgan fingerprint density at radius 3 is 2.56 bits per heavy atom. The quantitative estimate of drug-likeness (QED) is 0.554. The van der Waals surface area contributed by atoms with Crippen molar-refractivity contribution >= 4 is 11.9 Å². The van der Waals surface area contributed by atoms with Gasteiger partial charge in [-0.2, -0.15) is 0 Å². The number of likely N-dealkylation sites (N-methyl/N-ethyl adjacent to an activating group) is 1. The molecule has 2 aliphatic rings. The maximum absolute atomic E-state index is 12.2. The summed E-state index contributed by atoms with van der Waals surface area (Å²) in [6.45, 7) is 5.31. The first kappa shape index (κ1) is 13.2. The fourth-order valence-electron chi connectivity index (χ4n) is 2.90. The summed E-state index contributed by atoms with van der Waals surface area (Å²) >= 11 is 0. The summed E-state index contributed by atoms with van der Waals surface area (Å²) in [6.07, 6.45) is 4.74. The van der Waals surface area contributed by atoms with Gasteiger partial charge in [0.1, 0.15) is 5.54 Å². The van der Waals surface area contributed by atoms with E-state index in [1.807, 2.05) is 25.8 Å². The Balaban J connectivity index is 2.14. The second-order valence-corrected chi connectivity index (χ2v) is 5.86. The Morgan fingerprint density at radius 1 is 1.33 bits per heavy atom. The second-order valence-electron chi connectivity index (χ2n) is 5.86. The van der Waals surface area contributed by atoms with Crippen molar-refractivity contribution in [3.8, 4) is 0 Å². The lowest BCUT2D eigenvalue weighted by molar-refractivity contribution is -0.143. The molecule has 0 aromatic carbocycles. The van der Waals surface area contributed by atoms with Crippen molar-refractivity contribution in [3.05, 3.63) is 0 Å². The molecule has 2 rings (SSSR count). The molecule has 102 valence electrons.